The van der Waals surface area contributed by atoms with E-state index in [0.29, 0.717) is 54.3 Å². The van der Waals surface area contributed by atoms with Crippen molar-refractivity contribution in [3.8, 4) is 0 Å². The molecule has 0 radical (unpaired) electrons. The molecule has 0 amide bonds. The lowest BCUT2D eigenvalue weighted by molar-refractivity contribution is -0.411. The third-order valence-electron chi connectivity index (χ3n) is 22.5. The van der Waals surface area contributed by atoms with Crippen LogP contribution >= 0.6 is 0 Å². The van der Waals surface area contributed by atoms with Gasteiger partial charge in [0.05, 0.1) is 51.8 Å². The van der Waals surface area contributed by atoms with Crippen LogP contribution in [0.1, 0.15) is 91.9 Å². The first-order valence-corrected chi connectivity index (χ1v) is 30.9. The summed E-state index contributed by atoms with van der Waals surface area (Å²) in [7, 11) is 0. The Kier molecular flexibility index (Phi) is 19.8. The zero-order chi connectivity index (χ0) is 60.9. The van der Waals surface area contributed by atoms with Crippen LogP contribution < -0.4 is 0 Å². The lowest BCUT2D eigenvalue weighted by atomic mass is 9.44. The Bertz CT molecular complexity index is 2200. The number of ether oxygens (including phenoxy) is 12. The molecule has 7 aliphatic heterocycles. The smallest absolute Gasteiger partial charge is 0.187 e. The maximum absolute atomic E-state index is 12.0. The highest BCUT2D eigenvalue weighted by atomic mass is 16.8. The summed E-state index contributed by atoms with van der Waals surface area (Å²) in [6.07, 6.45) is -37.8. The molecule has 7 heterocycles. The summed E-state index contributed by atoms with van der Waals surface area (Å²) in [5, 5.41) is 175. The first-order valence-electron chi connectivity index (χ1n) is 30.9. The van der Waals surface area contributed by atoms with E-state index < -0.39 is 198 Å². The number of fused-ring (bicyclic) bond motifs is 7. The molecule has 490 valence electrons. The Morgan fingerprint density at radius 2 is 0.906 bits per heavy atom. The summed E-state index contributed by atoms with van der Waals surface area (Å²) in [6, 6.07) is 0. The van der Waals surface area contributed by atoms with Crippen molar-refractivity contribution in [3.63, 3.8) is 0 Å². The van der Waals surface area contributed by atoms with Crippen LogP contribution in [0.2, 0.25) is 0 Å². The molecule has 37 unspecified atom stereocenters. The van der Waals surface area contributed by atoms with Crippen molar-refractivity contribution >= 4 is 0 Å². The van der Waals surface area contributed by atoms with Gasteiger partial charge in [-0.2, -0.15) is 0 Å². The highest BCUT2D eigenvalue weighted by molar-refractivity contribution is 5.16. The molecule has 28 heteroatoms. The van der Waals surface area contributed by atoms with Crippen molar-refractivity contribution in [1.82, 2.24) is 0 Å². The number of aliphatic hydroxyl groups excluding tert-OH is 16. The molecule has 28 nitrogen and oxygen atoms in total. The Hall–Kier alpha value is -1.12. The Morgan fingerprint density at radius 3 is 1.49 bits per heavy atom. The number of rotatable bonds is 15. The average Bonchev–Trinajstić information content (AvgIpc) is 1.59. The third kappa shape index (κ3) is 11.5. The van der Waals surface area contributed by atoms with E-state index in [1.807, 2.05) is 0 Å². The molecule has 0 bridgehead atoms. The second-order valence-corrected chi connectivity index (χ2v) is 27.1. The van der Waals surface area contributed by atoms with Crippen molar-refractivity contribution in [2.75, 3.05) is 39.6 Å². The van der Waals surface area contributed by atoms with Crippen LogP contribution in [0.3, 0.4) is 0 Å². The van der Waals surface area contributed by atoms with E-state index in [0.717, 1.165) is 58.0 Å². The van der Waals surface area contributed by atoms with Crippen molar-refractivity contribution in [3.05, 3.63) is 0 Å². The fourth-order valence-electron chi connectivity index (χ4n) is 17.6. The summed E-state index contributed by atoms with van der Waals surface area (Å²) in [6.45, 7) is 5.68. The quantitative estimate of drug-likeness (QED) is 0.0682. The van der Waals surface area contributed by atoms with Gasteiger partial charge in [0.1, 0.15) is 122 Å². The van der Waals surface area contributed by atoms with E-state index in [9.17, 15) is 81.7 Å². The van der Waals surface area contributed by atoms with E-state index >= 15 is 0 Å². The van der Waals surface area contributed by atoms with Crippen molar-refractivity contribution in [2.24, 2.45) is 52.3 Å². The highest BCUT2D eigenvalue weighted by Gasteiger charge is 2.70. The van der Waals surface area contributed by atoms with Gasteiger partial charge in [0.25, 0.3) is 0 Å². The first kappa shape index (κ1) is 65.4. The SMILES string of the molecule is CC1CCC2(OC1)OC1CC3C4CCC5CC(OC6OC(CO)C(OC7OC(CO)C(O)C(OC8OC(CO)C(O)C(O)C8O)C7OC7OC(CO)C(O)C(OC8OC(CO)C(O)C(O)C8O)C7O)C(O)C6O)CCC5(C)C4CCC3(C)C1C2C. The van der Waals surface area contributed by atoms with Crippen LogP contribution in [0.5, 0.6) is 0 Å². The van der Waals surface area contributed by atoms with Gasteiger partial charge in [-0.3, -0.25) is 0 Å². The van der Waals surface area contributed by atoms with E-state index in [4.69, 9.17) is 56.8 Å². The first-order chi connectivity index (χ1) is 40.4. The largest absolute Gasteiger partial charge is 0.394 e. The molecule has 85 heavy (non-hydrogen) atoms. The molecule has 4 aliphatic carbocycles. The minimum atomic E-state index is -2.22. The van der Waals surface area contributed by atoms with Gasteiger partial charge in [-0.1, -0.05) is 27.7 Å². The molecule has 16 N–H and O–H groups in total. The summed E-state index contributed by atoms with van der Waals surface area (Å²) < 4.78 is 73.6. The van der Waals surface area contributed by atoms with E-state index in [-0.39, 0.29) is 16.9 Å². The maximum atomic E-state index is 12.0. The Balaban J connectivity index is 0.793. The predicted octanol–water partition coefficient (Wildman–Crippen LogP) is -5.09. The lowest BCUT2D eigenvalue weighted by Crippen LogP contribution is -2.69. The zero-order valence-corrected chi connectivity index (χ0v) is 48.5. The van der Waals surface area contributed by atoms with Crippen LogP contribution in [-0.4, -0.2) is 293 Å². The van der Waals surface area contributed by atoms with Gasteiger partial charge in [-0.25, -0.2) is 0 Å². The molecule has 11 rings (SSSR count). The molecule has 0 aromatic rings. The van der Waals surface area contributed by atoms with Gasteiger partial charge < -0.3 is 139 Å². The van der Waals surface area contributed by atoms with Gasteiger partial charge >= 0.3 is 0 Å². The summed E-state index contributed by atoms with van der Waals surface area (Å²) in [5.74, 6) is 2.76. The molecular formula is C57H94O28. The minimum Gasteiger partial charge on any atom is -0.394 e. The van der Waals surface area contributed by atoms with Crippen LogP contribution in [0.15, 0.2) is 0 Å². The van der Waals surface area contributed by atoms with Crippen LogP contribution in [0.4, 0.5) is 0 Å². The normalized spacial score (nSPS) is 57.2. The van der Waals surface area contributed by atoms with Gasteiger partial charge in [-0.05, 0) is 104 Å². The van der Waals surface area contributed by atoms with Crippen molar-refractivity contribution < 1.29 is 139 Å². The molecule has 0 aromatic carbocycles. The third-order valence-corrected chi connectivity index (χ3v) is 22.5. The number of aliphatic hydroxyl groups is 16. The number of hydrogen-bond acceptors (Lipinski definition) is 28. The minimum absolute atomic E-state index is 0.0367. The Labute approximate surface area is 492 Å². The van der Waals surface area contributed by atoms with E-state index in [1.165, 1.54) is 0 Å². The second-order valence-electron chi connectivity index (χ2n) is 27.1. The van der Waals surface area contributed by atoms with Crippen molar-refractivity contribution in [2.45, 2.75) is 263 Å². The van der Waals surface area contributed by atoms with Gasteiger partial charge in [0, 0.05) is 12.3 Å². The standard InChI is InChI=1S/C57H94O28/c1-21-7-12-57(74-20-21)22(2)34-28(85-57)14-27-25-6-5-23-13-24(8-10-55(23,3)26(25)9-11-56(27,34)4)75-50-44(72)41(69)46(33(19-62)80-50)81-54-49(48(38(66)32(18-61)79-54)83-52-43(71)40(68)36(64)30(16-59)77-52)84-53-45(73)47(37(65)31(17-60)78-53)82-51-42(70)39(67)35(63)29(15-58)76-51/h21-54,58-73H,5-20H2,1-4H3. The average molecular weight is 1230 g/mol. The van der Waals surface area contributed by atoms with Crippen LogP contribution in [-0.2, 0) is 56.8 Å². The predicted molar refractivity (Wildman–Crippen MR) is 281 cm³/mol. The molecule has 11 aliphatic rings. The second kappa shape index (κ2) is 25.8. The number of hydrogen-bond donors (Lipinski definition) is 16. The molecule has 1 spiro atoms. The highest BCUT2D eigenvalue weighted by Crippen LogP contribution is 2.71. The van der Waals surface area contributed by atoms with Gasteiger partial charge in [-0.15, -0.1) is 0 Å². The van der Waals surface area contributed by atoms with Gasteiger partial charge in [0.15, 0.2) is 37.2 Å². The van der Waals surface area contributed by atoms with Gasteiger partial charge in [0.2, 0.25) is 0 Å². The summed E-state index contributed by atoms with van der Waals surface area (Å²) in [4.78, 5) is 0. The molecule has 37 atom stereocenters. The monoisotopic (exact) mass is 1230 g/mol. The van der Waals surface area contributed by atoms with Crippen molar-refractivity contribution in [1.29, 1.82) is 0 Å². The topological polar surface area (TPSA) is 434 Å². The molecular weight excluding hydrogens is 1130 g/mol. The van der Waals surface area contributed by atoms with E-state index in [2.05, 4.69) is 27.7 Å². The van der Waals surface area contributed by atoms with E-state index in [1.54, 1.807) is 0 Å². The lowest BCUT2D eigenvalue weighted by Gasteiger charge is -2.61. The van der Waals surface area contributed by atoms with Crippen LogP contribution in [0.25, 0.3) is 0 Å². The summed E-state index contributed by atoms with van der Waals surface area (Å²) in [5.41, 5.74) is 0.199. The molecule has 11 fully saturated rings. The maximum Gasteiger partial charge on any atom is 0.187 e. The van der Waals surface area contributed by atoms with Crippen LogP contribution in [0, 0.1) is 52.3 Å². The molecule has 4 saturated carbocycles. The molecule has 7 saturated heterocycles. The fourth-order valence-corrected chi connectivity index (χ4v) is 17.6. The summed E-state index contributed by atoms with van der Waals surface area (Å²) >= 11 is 0. The zero-order valence-electron chi connectivity index (χ0n) is 48.5. The molecule has 0 aromatic heterocycles. The fraction of sp³-hybridized carbons (Fsp3) is 1.00. The Morgan fingerprint density at radius 1 is 0.412 bits per heavy atom.